The molecule has 9 nitrogen and oxygen atoms in total. The molecule has 0 saturated heterocycles. The van der Waals surface area contributed by atoms with Crippen LogP contribution >= 0.6 is 0 Å². The van der Waals surface area contributed by atoms with Crippen LogP contribution in [0, 0.1) is 5.92 Å². The van der Waals surface area contributed by atoms with Crippen molar-refractivity contribution in [3.63, 3.8) is 0 Å². The number of carbonyl (C=O) groups is 3. The summed E-state index contributed by atoms with van der Waals surface area (Å²) in [4.78, 5) is 36.8. The lowest BCUT2D eigenvalue weighted by atomic mass is 9.98. The first-order valence-corrected chi connectivity index (χ1v) is 10.3. The number of carboxylic acids is 1. The molecule has 0 unspecified atom stereocenters. The highest BCUT2D eigenvalue weighted by atomic mass is 16.4. The Balaban J connectivity index is 2.81. The van der Waals surface area contributed by atoms with E-state index in [1.165, 1.54) is 12.1 Å². The van der Waals surface area contributed by atoms with Crippen LogP contribution < -0.4 is 22.1 Å². The van der Waals surface area contributed by atoms with Crippen LogP contribution in [0.25, 0.3) is 0 Å². The van der Waals surface area contributed by atoms with Crippen molar-refractivity contribution in [2.75, 3.05) is 6.54 Å². The van der Waals surface area contributed by atoms with E-state index in [1.54, 1.807) is 19.1 Å². The third kappa shape index (κ3) is 8.38. The fourth-order valence-electron chi connectivity index (χ4n) is 2.96. The summed E-state index contributed by atoms with van der Waals surface area (Å²) in [5, 5.41) is 24.0. The van der Waals surface area contributed by atoms with E-state index in [0.29, 0.717) is 32.2 Å². The largest absolute Gasteiger partial charge is 0.508 e. The van der Waals surface area contributed by atoms with Crippen LogP contribution in [0.15, 0.2) is 24.3 Å². The molecule has 30 heavy (non-hydrogen) atoms. The third-order valence-electron chi connectivity index (χ3n) is 5.09. The zero-order valence-electron chi connectivity index (χ0n) is 17.6. The number of phenolic OH excluding ortho intramolecular Hbond substituents is 1. The summed E-state index contributed by atoms with van der Waals surface area (Å²) in [5.74, 6) is -2.32. The van der Waals surface area contributed by atoms with E-state index >= 15 is 0 Å². The topological polar surface area (TPSA) is 168 Å². The fraction of sp³-hybridized carbons (Fsp3) is 0.571. The van der Waals surface area contributed by atoms with E-state index in [9.17, 15) is 24.6 Å². The zero-order valence-corrected chi connectivity index (χ0v) is 17.6. The predicted molar refractivity (Wildman–Crippen MR) is 114 cm³/mol. The molecule has 0 bridgehead atoms. The number of nitrogens with two attached hydrogens (primary N) is 2. The normalized spacial score (nSPS) is 14.9. The molecule has 0 radical (unpaired) electrons. The van der Waals surface area contributed by atoms with Crippen molar-refractivity contribution in [2.24, 2.45) is 17.4 Å². The molecule has 1 rings (SSSR count). The molecule has 0 aliphatic heterocycles. The average Bonchev–Trinajstić information content (AvgIpc) is 2.71. The number of phenols is 1. The Labute approximate surface area is 177 Å². The van der Waals surface area contributed by atoms with Gasteiger partial charge >= 0.3 is 5.97 Å². The number of nitrogens with one attached hydrogen (secondary N) is 2. The van der Waals surface area contributed by atoms with Crippen LogP contribution in [0.4, 0.5) is 0 Å². The number of aliphatic carboxylic acids is 1. The van der Waals surface area contributed by atoms with Gasteiger partial charge in [-0.25, -0.2) is 4.79 Å². The van der Waals surface area contributed by atoms with Gasteiger partial charge in [-0.3, -0.25) is 9.59 Å². The molecule has 2 amide bonds. The zero-order chi connectivity index (χ0) is 22.7. The second-order valence-corrected chi connectivity index (χ2v) is 7.53. The van der Waals surface area contributed by atoms with Gasteiger partial charge in [0.1, 0.15) is 17.8 Å². The van der Waals surface area contributed by atoms with Gasteiger partial charge in [-0.05, 0) is 55.8 Å². The molecule has 8 N–H and O–H groups in total. The lowest BCUT2D eigenvalue weighted by molar-refractivity contribution is -0.143. The number of benzene rings is 1. The summed E-state index contributed by atoms with van der Waals surface area (Å²) in [6.07, 6.45) is 2.41. The first-order chi connectivity index (χ1) is 14.2. The van der Waals surface area contributed by atoms with Gasteiger partial charge in [-0.2, -0.15) is 0 Å². The molecular formula is C21H34N4O5. The molecule has 0 saturated carbocycles. The number of unbranched alkanes of at least 4 members (excludes halogenated alkanes) is 1. The standard InChI is InChI=1S/C21H34N4O5/c1-3-13(2)18(21(29)30)25-20(28)17(6-4-5-11-22)24-19(27)16(23)12-14-7-9-15(26)10-8-14/h7-10,13,16-18,26H,3-6,11-12,22-23H2,1-2H3,(H,24,27)(H,25,28)(H,29,30)/t13-,16-,17-,18-/m0/s1. The first kappa shape index (κ1) is 25.4. The maximum Gasteiger partial charge on any atom is 0.326 e. The summed E-state index contributed by atoms with van der Waals surface area (Å²) in [5.41, 5.74) is 12.3. The van der Waals surface area contributed by atoms with E-state index in [0.717, 1.165) is 5.56 Å². The van der Waals surface area contributed by atoms with Crippen molar-refractivity contribution >= 4 is 17.8 Å². The minimum atomic E-state index is -1.12. The van der Waals surface area contributed by atoms with Crippen molar-refractivity contribution in [3.8, 4) is 5.75 Å². The summed E-state index contributed by atoms with van der Waals surface area (Å²) in [6.45, 7) is 4.04. The molecule has 1 aromatic rings. The second-order valence-electron chi connectivity index (χ2n) is 7.53. The molecule has 0 aliphatic rings. The van der Waals surface area contributed by atoms with Crippen LogP contribution in [-0.4, -0.2) is 52.7 Å². The SMILES string of the molecule is CC[C@H](C)[C@H](NC(=O)[C@H](CCCCN)NC(=O)[C@@H](N)Cc1ccc(O)cc1)C(=O)O. The molecule has 4 atom stereocenters. The summed E-state index contributed by atoms with van der Waals surface area (Å²) < 4.78 is 0. The molecular weight excluding hydrogens is 388 g/mol. The summed E-state index contributed by atoms with van der Waals surface area (Å²) in [6, 6.07) is 3.50. The van der Waals surface area contributed by atoms with Crippen LogP contribution in [0.1, 0.15) is 45.1 Å². The number of hydrogen-bond donors (Lipinski definition) is 6. The lowest BCUT2D eigenvalue weighted by Crippen LogP contribution is -2.55. The lowest BCUT2D eigenvalue weighted by Gasteiger charge is -2.25. The van der Waals surface area contributed by atoms with Crippen LogP contribution in [0.3, 0.4) is 0 Å². The number of carbonyl (C=O) groups excluding carboxylic acids is 2. The molecule has 0 fully saturated rings. The molecule has 9 heteroatoms. The maximum absolute atomic E-state index is 12.7. The van der Waals surface area contributed by atoms with Crippen molar-refractivity contribution in [1.29, 1.82) is 0 Å². The first-order valence-electron chi connectivity index (χ1n) is 10.3. The van der Waals surface area contributed by atoms with Gasteiger partial charge in [0.15, 0.2) is 0 Å². The van der Waals surface area contributed by atoms with Crippen molar-refractivity contribution in [3.05, 3.63) is 29.8 Å². The molecule has 0 heterocycles. The maximum atomic E-state index is 12.7. The number of amides is 2. The van der Waals surface area contributed by atoms with Crippen LogP contribution in [-0.2, 0) is 20.8 Å². The Morgan fingerprint density at radius 3 is 2.23 bits per heavy atom. The van der Waals surface area contributed by atoms with Gasteiger partial charge < -0.3 is 32.3 Å². The minimum Gasteiger partial charge on any atom is -0.508 e. The van der Waals surface area contributed by atoms with Crippen LogP contribution in [0.2, 0.25) is 0 Å². The second kappa shape index (κ2) is 12.8. The number of rotatable bonds is 13. The Hall–Kier alpha value is -2.65. The highest BCUT2D eigenvalue weighted by molar-refractivity contribution is 5.91. The third-order valence-corrected chi connectivity index (χ3v) is 5.09. The quantitative estimate of drug-likeness (QED) is 0.251. The number of aromatic hydroxyl groups is 1. The number of carboxylic acid groups (broad SMARTS) is 1. The molecule has 0 aliphatic carbocycles. The minimum absolute atomic E-state index is 0.114. The van der Waals surface area contributed by atoms with E-state index in [2.05, 4.69) is 10.6 Å². The van der Waals surface area contributed by atoms with Crippen molar-refractivity contribution < 1.29 is 24.6 Å². The van der Waals surface area contributed by atoms with Gasteiger partial charge in [-0.15, -0.1) is 0 Å². The molecule has 1 aromatic carbocycles. The average molecular weight is 423 g/mol. The van der Waals surface area contributed by atoms with E-state index in [1.807, 2.05) is 6.92 Å². The summed E-state index contributed by atoms with van der Waals surface area (Å²) >= 11 is 0. The van der Waals surface area contributed by atoms with Gasteiger partial charge in [0, 0.05) is 0 Å². The van der Waals surface area contributed by atoms with Crippen molar-refractivity contribution in [2.45, 2.75) is 64.1 Å². The molecule has 0 spiro atoms. The Kier molecular flexibility index (Phi) is 10.8. The van der Waals surface area contributed by atoms with Gasteiger partial charge in [-0.1, -0.05) is 32.4 Å². The summed E-state index contributed by atoms with van der Waals surface area (Å²) in [7, 11) is 0. The van der Waals surface area contributed by atoms with E-state index in [-0.39, 0.29) is 18.1 Å². The van der Waals surface area contributed by atoms with Crippen molar-refractivity contribution in [1.82, 2.24) is 10.6 Å². The number of hydrogen-bond acceptors (Lipinski definition) is 6. The Morgan fingerprint density at radius 2 is 1.70 bits per heavy atom. The van der Waals surface area contributed by atoms with E-state index < -0.39 is 35.9 Å². The van der Waals surface area contributed by atoms with Gasteiger partial charge in [0.25, 0.3) is 0 Å². The van der Waals surface area contributed by atoms with Gasteiger partial charge in [0.2, 0.25) is 11.8 Å². The Morgan fingerprint density at radius 1 is 1.07 bits per heavy atom. The van der Waals surface area contributed by atoms with Gasteiger partial charge in [0.05, 0.1) is 6.04 Å². The smallest absolute Gasteiger partial charge is 0.326 e. The fourth-order valence-corrected chi connectivity index (χ4v) is 2.96. The highest BCUT2D eigenvalue weighted by Gasteiger charge is 2.30. The highest BCUT2D eigenvalue weighted by Crippen LogP contribution is 2.12. The van der Waals surface area contributed by atoms with E-state index in [4.69, 9.17) is 11.5 Å². The van der Waals surface area contributed by atoms with Crippen LogP contribution in [0.5, 0.6) is 5.75 Å². The predicted octanol–water partition coefficient (Wildman–Crippen LogP) is 0.491. The Bertz CT molecular complexity index is 695. The molecule has 0 aromatic heterocycles. The molecule has 168 valence electrons. The monoisotopic (exact) mass is 422 g/mol.